The molecule has 0 unspecified atom stereocenters. The van der Waals surface area contributed by atoms with Crippen molar-refractivity contribution in [2.75, 3.05) is 43.9 Å². The summed E-state index contributed by atoms with van der Waals surface area (Å²) < 4.78 is 4.74. The fourth-order valence-electron chi connectivity index (χ4n) is 3.86. The number of methoxy groups -OCH3 is 1. The average molecular weight is 317 g/mol. The summed E-state index contributed by atoms with van der Waals surface area (Å²) in [7, 11) is 1.39. The van der Waals surface area contributed by atoms with Gasteiger partial charge < -0.3 is 15.4 Å². The lowest BCUT2D eigenvalue weighted by molar-refractivity contribution is 0.0601. The van der Waals surface area contributed by atoms with Crippen LogP contribution in [0.4, 0.5) is 11.4 Å². The lowest BCUT2D eigenvalue weighted by atomic mass is 9.94. The number of benzene rings is 1. The Labute approximate surface area is 138 Å². The minimum atomic E-state index is -0.342. The van der Waals surface area contributed by atoms with E-state index in [-0.39, 0.29) is 5.97 Å². The molecule has 5 heteroatoms. The Balaban J connectivity index is 1.62. The monoisotopic (exact) mass is 317 g/mol. The van der Waals surface area contributed by atoms with Crippen LogP contribution in [0.15, 0.2) is 18.2 Å². The fourth-order valence-corrected chi connectivity index (χ4v) is 3.86. The van der Waals surface area contributed by atoms with E-state index in [4.69, 9.17) is 10.5 Å². The molecule has 0 spiro atoms. The molecular formula is C18H27N3O2. The molecule has 0 bridgehead atoms. The highest BCUT2D eigenvalue weighted by Gasteiger charge is 2.25. The number of carbonyl (C=O) groups excluding carboxylic acids is 1. The van der Waals surface area contributed by atoms with Crippen LogP contribution in [0.2, 0.25) is 0 Å². The number of piperazine rings is 1. The number of carbonyl (C=O) groups is 1. The predicted octanol–water partition coefficient (Wildman–Crippen LogP) is 2.51. The molecule has 1 saturated heterocycles. The minimum Gasteiger partial charge on any atom is -0.465 e. The van der Waals surface area contributed by atoms with Crippen LogP contribution in [0, 0.1) is 0 Å². The lowest BCUT2D eigenvalue weighted by Crippen LogP contribution is -2.51. The average Bonchev–Trinajstić information content (AvgIpc) is 2.62. The molecule has 1 heterocycles. The summed E-state index contributed by atoms with van der Waals surface area (Å²) >= 11 is 0. The van der Waals surface area contributed by atoms with Gasteiger partial charge in [0.1, 0.15) is 0 Å². The third-order valence-electron chi connectivity index (χ3n) is 5.19. The zero-order valence-electron chi connectivity index (χ0n) is 14.0. The van der Waals surface area contributed by atoms with Crippen LogP contribution in [0.3, 0.4) is 0 Å². The number of rotatable bonds is 3. The highest BCUT2D eigenvalue weighted by molar-refractivity contribution is 5.92. The number of nitrogens with two attached hydrogens (primary N) is 1. The van der Waals surface area contributed by atoms with E-state index in [1.807, 2.05) is 6.07 Å². The fraction of sp³-hybridized carbons (Fsp3) is 0.611. The highest BCUT2D eigenvalue weighted by Crippen LogP contribution is 2.28. The van der Waals surface area contributed by atoms with E-state index in [2.05, 4.69) is 9.80 Å². The Hall–Kier alpha value is -1.75. The van der Waals surface area contributed by atoms with Crippen LogP contribution in [-0.4, -0.2) is 50.2 Å². The van der Waals surface area contributed by atoms with Crippen molar-refractivity contribution in [3.63, 3.8) is 0 Å². The van der Waals surface area contributed by atoms with Gasteiger partial charge >= 0.3 is 5.97 Å². The molecule has 0 aromatic heterocycles. The van der Waals surface area contributed by atoms with Gasteiger partial charge in [-0.2, -0.15) is 0 Å². The zero-order chi connectivity index (χ0) is 16.2. The van der Waals surface area contributed by atoms with Crippen molar-refractivity contribution >= 4 is 17.3 Å². The molecule has 5 nitrogen and oxygen atoms in total. The van der Waals surface area contributed by atoms with Gasteiger partial charge in [0, 0.05) is 32.2 Å². The molecule has 126 valence electrons. The predicted molar refractivity (Wildman–Crippen MR) is 92.9 cm³/mol. The van der Waals surface area contributed by atoms with Gasteiger partial charge in [0.25, 0.3) is 0 Å². The van der Waals surface area contributed by atoms with Crippen LogP contribution in [0.1, 0.15) is 42.5 Å². The summed E-state index contributed by atoms with van der Waals surface area (Å²) in [5.41, 5.74) is 8.35. The molecule has 2 N–H and O–H groups in total. The maximum absolute atomic E-state index is 11.6. The van der Waals surface area contributed by atoms with E-state index in [9.17, 15) is 4.79 Å². The Morgan fingerprint density at radius 1 is 1.13 bits per heavy atom. The Morgan fingerprint density at radius 2 is 1.83 bits per heavy atom. The maximum atomic E-state index is 11.6. The van der Waals surface area contributed by atoms with E-state index in [0.29, 0.717) is 11.3 Å². The minimum absolute atomic E-state index is 0.342. The van der Waals surface area contributed by atoms with Gasteiger partial charge in [0.2, 0.25) is 0 Å². The lowest BCUT2D eigenvalue weighted by Gasteiger charge is -2.41. The summed E-state index contributed by atoms with van der Waals surface area (Å²) in [6.45, 7) is 4.20. The number of nitrogens with zero attached hydrogens (tertiary/aromatic N) is 2. The topological polar surface area (TPSA) is 58.8 Å². The number of hydrogen-bond acceptors (Lipinski definition) is 5. The first-order valence-electron chi connectivity index (χ1n) is 8.66. The van der Waals surface area contributed by atoms with Crippen molar-refractivity contribution in [2.45, 2.75) is 38.1 Å². The molecule has 0 amide bonds. The third-order valence-corrected chi connectivity index (χ3v) is 5.19. The van der Waals surface area contributed by atoms with Gasteiger partial charge in [-0.05, 0) is 31.0 Å². The second-order valence-electron chi connectivity index (χ2n) is 6.58. The molecule has 1 aliphatic heterocycles. The largest absolute Gasteiger partial charge is 0.465 e. The first-order valence-corrected chi connectivity index (χ1v) is 8.66. The Morgan fingerprint density at radius 3 is 2.43 bits per heavy atom. The maximum Gasteiger partial charge on any atom is 0.337 e. The van der Waals surface area contributed by atoms with E-state index in [1.165, 1.54) is 39.2 Å². The van der Waals surface area contributed by atoms with Crippen molar-refractivity contribution in [1.82, 2.24) is 4.90 Å². The molecule has 3 rings (SSSR count). The van der Waals surface area contributed by atoms with Gasteiger partial charge in [-0.15, -0.1) is 0 Å². The molecule has 1 saturated carbocycles. The summed E-state index contributed by atoms with van der Waals surface area (Å²) in [5, 5.41) is 0. The van der Waals surface area contributed by atoms with Crippen LogP contribution in [0.5, 0.6) is 0 Å². The van der Waals surface area contributed by atoms with E-state index >= 15 is 0 Å². The van der Waals surface area contributed by atoms with Crippen LogP contribution < -0.4 is 10.6 Å². The zero-order valence-corrected chi connectivity index (χ0v) is 14.0. The molecule has 1 aromatic carbocycles. The molecule has 0 radical (unpaired) electrons. The van der Waals surface area contributed by atoms with Crippen molar-refractivity contribution in [3.05, 3.63) is 23.8 Å². The second-order valence-corrected chi connectivity index (χ2v) is 6.58. The normalized spacial score (nSPS) is 20.5. The number of esters is 1. The van der Waals surface area contributed by atoms with Gasteiger partial charge in [-0.1, -0.05) is 19.3 Å². The van der Waals surface area contributed by atoms with E-state index < -0.39 is 0 Å². The standard InChI is InChI=1S/C18H27N3O2/c1-23-18(22)14-7-8-17(16(19)13-14)21-11-9-20(10-12-21)15-5-3-2-4-6-15/h7-8,13,15H,2-6,9-12,19H2,1H3. The third kappa shape index (κ3) is 3.61. The Kier molecular flexibility index (Phi) is 5.06. The van der Waals surface area contributed by atoms with Gasteiger partial charge in [0.15, 0.2) is 0 Å². The van der Waals surface area contributed by atoms with E-state index in [0.717, 1.165) is 37.9 Å². The molecule has 0 atom stereocenters. The quantitative estimate of drug-likeness (QED) is 0.686. The first kappa shape index (κ1) is 16.1. The van der Waals surface area contributed by atoms with Crippen LogP contribution in [-0.2, 0) is 4.74 Å². The van der Waals surface area contributed by atoms with Gasteiger partial charge in [0.05, 0.1) is 24.0 Å². The summed E-state index contributed by atoms with van der Waals surface area (Å²) in [5.74, 6) is -0.342. The smallest absolute Gasteiger partial charge is 0.337 e. The summed E-state index contributed by atoms with van der Waals surface area (Å²) in [6, 6.07) is 6.24. The summed E-state index contributed by atoms with van der Waals surface area (Å²) in [4.78, 5) is 16.5. The number of anilines is 2. The van der Waals surface area contributed by atoms with Gasteiger partial charge in [-0.3, -0.25) is 4.90 Å². The van der Waals surface area contributed by atoms with Crippen LogP contribution >= 0.6 is 0 Å². The molecule has 2 fully saturated rings. The van der Waals surface area contributed by atoms with Crippen LogP contribution in [0.25, 0.3) is 0 Å². The SMILES string of the molecule is COC(=O)c1ccc(N2CCN(C3CCCCC3)CC2)c(N)c1. The molecule has 1 aromatic rings. The van der Waals surface area contributed by atoms with Crippen molar-refractivity contribution in [2.24, 2.45) is 0 Å². The van der Waals surface area contributed by atoms with Crippen molar-refractivity contribution in [1.29, 1.82) is 0 Å². The molecule has 23 heavy (non-hydrogen) atoms. The molecule has 2 aliphatic rings. The highest BCUT2D eigenvalue weighted by atomic mass is 16.5. The summed E-state index contributed by atoms with van der Waals surface area (Å²) in [6.07, 6.45) is 6.88. The molecular weight excluding hydrogens is 290 g/mol. The number of hydrogen-bond donors (Lipinski definition) is 1. The Bertz CT molecular complexity index is 547. The molecule has 1 aliphatic carbocycles. The number of ether oxygens (including phenoxy) is 1. The first-order chi connectivity index (χ1) is 11.2. The number of nitrogen functional groups attached to an aromatic ring is 1. The van der Waals surface area contributed by atoms with Crippen molar-refractivity contribution in [3.8, 4) is 0 Å². The van der Waals surface area contributed by atoms with Crippen molar-refractivity contribution < 1.29 is 9.53 Å². The second kappa shape index (κ2) is 7.21. The van der Waals surface area contributed by atoms with Gasteiger partial charge in [-0.25, -0.2) is 4.79 Å². The van der Waals surface area contributed by atoms with E-state index in [1.54, 1.807) is 12.1 Å².